The summed E-state index contributed by atoms with van der Waals surface area (Å²) in [6, 6.07) is 51.1. The van der Waals surface area contributed by atoms with Crippen LogP contribution in [-0.2, 0) is 9.47 Å². The van der Waals surface area contributed by atoms with E-state index in [4.69, 9.17) is 9.47 Å². The summed E-state index contributed by atoms with van der Waals surface area (Å²) in [7, 11) is 2.70. The summed E-state index contributed by atoms with van der Waals surface area (Å²) in [5.41, 5.74) is 7.04. The molecular formula is C40H32N2O4. The van der Waals surface area contributed by atoms with Gasteiger partial charge in [-0.15, -0.1) is 0 Å². The second kappa shape index (κ2) is 13.7. The number of anilines is 6. The number of esters is 2. The molecule has 6 heteroatoms. The third kappa shape index (κ3) is 6.10. The van der Waals surface area contributed by atoms with Crippen molar-refractivity contribution in [2.24, 2.45) is 0 Å². The van der Waals surface area contributed by atoms with E-state index in [9.17, 15) is 9.59 Å². The molecule has 0 aliphatic heterocycles. The number of carbonyl (C=O) groups excluding carboxylic acids is 2. The van der Waals surface area contributed by atoms with Crippen LogP contribution >= 0.6 is 0 Å². The van der Waals surface area contributed by atoms with Gasteiger partial charge in [-0.1, -0.05) is 72.8 Å². The molecule has 0 aromatic heterocycles. The van der Waals surface area contributed by atoms with Crippen molar-refractivity contribution in [1.29, 1.82) is 0 Å². The third-order valence-electron chi connectivity index (χ3n) is 7.68. The molecule has 0 atom stereocenters. The van der Waals surface area contributed by atoms with Gasteiger partial charge >= 0.3 is 11.9 Å². The summed E-state index contributed by atoms with van der Waals surface area (Å²) in [4.78, 5) is 30.8. The van der Waals surface area contributed by atoms with Crippen LogP contribution in [0.4, 0.5) is 34.1 Å². The van der Waals surface area contributed by atoms with E-state index >= 15 is 0 Å². The van der Waals surface area contributed by atoms with E-state index in [1.54, 1.807) is 12.1 Å². The Morgan fingerprint density at radius 3 is 0.935 bits per heavy atom. The van der Waals surface area contributed by atoms with Crippen LogP contribution in [0.1, 0.15) is 20.7 Å². The highest BCUT2D eigenvalue weighted by molar-refractivity contribution is 6.05. The Kier molecular flexibility index (Phi) is 8.88. The first-order chi connectivity index (χ1) is 22.6. The Bertz CT molecular complexity index is 1720. The van der Waals surface area contributed by atoms with Gasteiger partial charge in [0.1, 0.15) is 0 Å². The van der Waals surface area contributed by atoms with Gasteiger partial charge in [0.25, 0.3) is 0 Å². The molecule has 0 unspecified atom stereocenters. The molecule has 226 valence electrons. The molecule has 0 aliphatic rings. The molecule has 46 heavy (non-hydrogen) atoms. The molecule has 6 rings (SSSR count). The number of ether oxygens (including phenoxy) is 2. The number of benzene rings is 6. The highest BCUT2D eigenvalue weighted by Gasteiger charge is 2.24. The summed E-state index contributed by atoms with van der Waals surface area (Å²) in [6.45, 7) is 0. The first-order valence-electron chi connectivity index (χ1n) is 14.8. The molecule has 6 aromatic rings. The van der Waals surface area contributed by atoms with E-state index < -0.39 is 11.9 Å². The second-order valence-corrected chi connectivity index (χ2v) is 10.5. The first kappa shape index (κ1) is 29.9. The lowest BCUT2D eigenvalue weighted by molar-refractivity contribution is 0.0590. The van der Waals surface area contributed by atoms with Crippen molar-refractivity contribution >= 4 is 46.1 Å². The van der Waals surface area contributed by atoms with Gasteiger partial charge in [-0.05, 0) is 96.1 Å². The average molecular weight is 605 g/mol. The minimum absolute atomic E-state index is 0.320. The average Bonchev–Trinajstić information content (AvgIpc) is 3.13. The Hall–Kier alpha value is -6.14. The van der Waals surface area contributed by atoms with E-state index in [2.05, 4.69) is 9.80 Å². The molecule has 6 nitrogen and oxygen atoms in total. The molecular weight excluding hydrogens is 572 g/mol. The topological polar surface area (TPSA) is 59.1 Å². The van der Waals surface area contributed by atoms with Gasteiger partial charge in [-0.2, -0.15) is 0 Å². The predicted molar refractivity (Wildman–Crippen MR) is 184 cm³/mol. The number of rotatable bonds is 9. The number of hydrogen-bond acceptors (Lipinski definition) is 6. The van der Waals surface area contributed by atoms with Crippen molar-refractivity contribution in [2.45, 2.75) is 0 Å². The van der Waals surface area contributed by atoms with E-state index in [0.717, 1.165) is 34.1 Å². The van der Waals surface area contributed by atoms with E-state index in [1.807, 2.05) is 146 Å². The Morgan fingerprint density at radius 2 is 0.674 bits per heavy atom. The predicted octanol–water partition coefficient (Wildman–Crippen LogP) is 9.87. The Morgan fingerprint density at radius 1 is 0.391 bits per heavy atom. The summed E-state index contributed by atoms with van der Waals surface area (Å²) >= 11 is 0. The second-order valence-electron chi connectivity index (χ2n) is 10.5. The van der Waals surface area contributed by atoms with E-state index in [0.29, 0.717) is 22.3 Å². The van der Waals surface area contributed by atoms with Gasteiger partial charge in [0.05, 0.1) is 25.3 Å². The molecule has 0 bridgehead atoms. The minimum Gasteiger partial charge on any atom is -0.465 e. The lowest BCUT2D eigenvalue weighted by Gasteiger charge is -2.28. The first-order valence-corrected chi connectivity index (χ1v) is 14.8. The zero-order valence-electron chi connectivity index (χ0n) is 25.5. The Labute approximate surface area is 268 Å². The summed E-state index contributed by atoms with van der Waals surface area (Å²) in [5, 5.41) is 0. The van der Waals surface area contributed by atoms with Crippen molar-refractivity contribution in [2.75, 3.05) is 24.0 Å². The lowest BCUT2D eigenvalue weighted by atomic mass is 9.93. The number of methoxy groups -OCH3 is 2. The zero-order valence-corrected chi connectivity index (χ0v) is 25.5. The van der Waals surface area contributed by atoms with Gasteiger partial charge in [-0.25, -0.2) is 9.59 Å². The normalized spacial score (nSPS) is 10.6. The number of nitrogens with zero attached hydrogens (tertiary/aromatic N) is 2. The third-order valence-corrected chi connectivity index (χ3v) is 7.68. The van der Waals surface area contributed by atoms with Crippen molar-refractivity contribution in [1.82, 2.24) is 0 Å². The fraction of sp³-hybridized carbons (Fsp3) is 0.0500. The summed E-state index contributed by atoms with van der Waals surface area (Å²) in [5.74, 6) is -1.03. The smallest absolute Gasteiger partial charge is 0.338 e. The maximum absolute atomic E-state index is 13.3. The van der Waals surface area contributed by atoms with Gasteiger partial charge in [0, 0.05) is 34.1 Å². The summed E-state index contributed by atoms with van der Waals surface area (Å²) in [6.07, 6.45) is 0. The molecule has 0 fully saturated rings. The molecule has 0 radical (unpaired) electrons. The maximum Gasteiger partial charge on any atom is 0.338 e. The van der Waals surface area contributed by atoms with Crippen LogP contribution in [-0.4, -0.2) is 26.2 Å². The molecule has 6 aromatic carbocycles. The van der Waals surface area contributed by atoms with E-state index in [1.165, 1.54) is 14.2 Å². The molecule has 0 N–H and O–H groups in total. The minimum atomic E-state index is -0.517. The molecule has 0 amide bonds. The number of carbonyl (C=O) groups is 2. The van der Waals surface area contributed by atoms with Gasteiger partial charge in [-0.3, -0.25) is 0 Å². The monoisotopic (exact) mass is 604 g/mol. The molecule has 0 aliphatic carbocycles. The number of para-hydroxylation sites is 4. The standard InChI is InChI=1S/C40H32N2O4/c1-45-39(43)35-25-23-33(41(29-15-7-3-8-16-29)30-17-9-4-10-18-30)27-37(35)38-28-34(24-26-36(38)40(44)46-2)42(31-19-11-5-12-20-31)32-21-13-6-14-22-32/h3-28H,1-2H3. The fourth-order valence-electron chi connectivity index (χ4n) is 5.57. The molecule has 0 saturated heterocycles. The van der Waals surface area contributed by atoms with Crippen molar-refractivity contribution < 1.29 is 19.1 Å². The number of hydrogen-bond donors (Lipinski definition) is 0. The van der Waals surface area contributed by atoms with E-state index in [-0.39, 0.29) is 0 Å². The molecule has 0 saturated carbocycles. The van der Waals surface area contributed by atoms with Gasteiger partial charge in [0.2, 0.25) is 0 Å². The van der Waals surface area contributed by atoms with Gasteiger partial charge in [0.15, 0.2) is 0 Å². The highest BCUT2D eigenvalue weighted by atomic mass is 16.5. The van der Waals surface area contributed by atoms with Crippen molar-refractivity contribution in [3.8, 4) is 11.1 Å². The van der Waals surface area contributed by atoms with Crippen molar-refractivity contribution in [3.05, 3.63) is 169 Å². The fourth-order valence-corrected chi connectivity index (χ4v) is 5.57. The quantitative estimate of drug-likeness (QED) is 0.153. The van der Waals surface area contributed by atoms with Crippen LogP contribution in [0, 0.1) is 0 Å². The molecule has 0 spiro atoms. The van der Waals surface area contributed by atoms with Crippen LogP contribution in [0.2, 0.25) is 0 Å². The van der Waals surface area contributed by atoms with Gasteiger partial charge < -0.3 is 19.3 Å². The molecule has 0 heterocycles. The zero-order chi connectivity index (χ0) is 31.9. The van der Waals surface area contributed by atoms with Crippen LogP contribution in [0.15, 0.2) is 158 Å². The van der Waals surface area contributed by atoms with Crippen molar-refractivity contribution in [3.63, 3.8) is 0 Å². The van der Waals surface area contributed by atoms with Crippen LogP contribution < -0.4 is 9.80 Å². The van der Waals surface area contributed by atoms with Crippen LogP contribution in [0.5, 0.6) is 0 Å². The lowest BCUT2D eigenvalue weighted by Crippen LogP contribution is -2.13. The largest absolute Gasteiger partial charge is 0.465 e. The maximum atomic E-state index is 13.3. The van der Waals surface area contributed by atoms with Crippen LogP contribution in [0.25, 0.3) is 11.1 Å². The van der Waals surface area contributed by atoms with Crippen LogP contribution in [0.3, 0.4) is 0 Å². The highest BCUT2D eigenvalue weighted by Crippen LogP contribution is 2.42. The summed E-state index contributed by atoms with van der Waals surface area (Å²) < 4.78 is 10.5. The SMILES string of the molecule is COC(=O)c1ccc(N(c2ccccc2)c2ccccc2)cc1-c1cc(N(c2ccccc2)c2ccccc2)ccc1C(=O)OC. The Balaban J connectivity index is 1.61.